The molecule has 0 saturated carbocycles. The smallest absolute Gasteiger partial charge is 0.416 e. The molecule has 2 N–H and O–H groups in total. The highest BCUT2D eigenvalue weighted by atomic mass is 19.4. The number of halogens is 3. The van der Waals surface area contributed by atoms with Crippen LogP contribution in [0.5, 0.6) is 5.75 Å². The average molecular weight is 491 g/mol. The van der Waals surface area contributed by atoms with E-state index in [2.05, 4.69) is 15.5 Å². The maximum absolute atomic E-state index is 13.0. The average Bonchev–Trinajstić information content (AvgIpc) is 2.85. The molecule has 35 heavy (non-hydrogen) atoms. The van der Waals surface area contributed by atoms with E-state index in [4.69, 9.17) is 4.74 Å². The summed E-state index contributed by atoms with van der Waals surface area (Å²) in [6.07, 6.45) is -0.701. The van der Waals surface area contributed by atoms with E-state index in [1.54, 1.807) is 24.3 Å². The first-order valence-electron chi connectivity index (χ1n) is 11.7. The third kappa shape index (κ3) is 6.05. The summed E-state index contributed by atoms with van der Waals surface area (Å²) in [5.41, 5.74) is -0.420. The third-order valence-electron chi connectivity index (χ3n) is 6.30. The Morgan fingerprint density at radius 1 is 1.11 bits per heavy atom. The van der Waals surface area contributed by atoms with Crippen molar-refractivity contribution in [3.8, 4) is 5.75 Å². The predicted molar refractivity (Wildman–Crippen MR) is 125 cm³/mol. The summed E-state index contributed by atoms with van der Waals surface area (Å²) in [6.45, 7) is 3.92. The van der Waals surface area contributed by atoms with Gasteiger partial charge < -0.3 is 25.2 Å². The zero-order chi connectivity index (χ0) is 25.0. The van der Waals surface area contributed by atoms with Crippen LogP contribution in [0.25, 0.3) is 0 Å². The Balaban J connectivity index is 1.31. The largest absolute Gasteiger partial charge is 0.494 e. The van der Waals surface area contributed by atoms with Crippen molar-refractivity contribution in [1.29, 1.82) is 0 Å². The van der Waals surface area contributed by atoms with Gasteiger partial charge in [-0.1, -0.05) is 6.42 Å². The summed E-state index contributed by atoms with van der Waals surface area (Å²) in [6, 6.07) is 9.59. The van der Waals surface area contributed by atoms with Crippen LogP contribution in [0.2, 0.25) is 0 Å². The summed E-state index contributed by atoms with van der Waals surface area (Å²) in [7, 11) is 1.41. The van der Waals surface area contributed by atoms with Crippen LogP contribution in [0.1, 0.15) is 52.0 Å². The Hall–Kier alpha value is -3.27. The van der Waals surface area contributed by atoms with Crippen molar-refractivity contribution >= 4 is 17.5 Å². The molecule has 1 atom stereocenters. The van der Waals surface area contributed by atoms with Crippen LogP contribution in [-0.2, 0) is 6.18 Å². The van der Waals surface area contributed by atoms with E-state index in [1.165, 1.54) is 32.4 Å². The van der Waals surface area contributed by atoms with E-state index in [0.29, 0.717) is 17.9 Å². The molecule has 0 spiro atoms. The number of likely N-dealkylation sites (tertiary alicyclic amines) is 1. The van der Waals surface area contributed by atoms with Gasteiger partial charge in [-0.05, 0) is 74.8 Å². The van der Waals surface area contributed by atoms with E-state index < -0.39 is 29.8 Å². The molecule has 1 unspecified atom stereocenters. The van der Waals surface area contributed by atoms with Gasteiger partial charge in [0.1, 0.15) is 5.75 Å². The second kappa shape index (κ2) is 10.6. The fraction of sp³-hybridized carbons (Fsp3) is 0.440. The molecule has 10 heteroatoms. The van der Waals surface area contributed by atoms with Crippen LogP contribution in [0.3, 0.4) is 0 Å². The Labute approximate surface area is 202 Å². The van der Waals surface area contributed by atoms with Crippen molar-refractivity contribution in [1.82, 2.24) is 15.1 Å². The van der Waals surface area contributed by atoms with Crippen molar-refractivity contribution in [2.75, 3.05) is 38.6 Å². The number of hydrogen-bond acceptors (Lipinski definition) is 5. The fourth-order valence-corrected chi connectivity index (χ4v) is 4.28. The van der Waals surface area contributed by atoms with E-state index >= 15 is 0 Å². The monoisotopic (exact) mass is 490 g/mol. The summed E-state index contributed by atoms with van der Waals surface area (Å²) >= 11 is 0. The van der Waals surface area contributed by atoms with Crippen molar-refractivity contribution in [3.05, 3.63) is 59.2 Å². The predicted octanol–water partition coefficient (Wildman–Crippen LogP) is 4.17. The molecular weight excluding hydrogens is 461 g/mol. The number of fused-ring (bicyclic) bond motifs is 1. The summed E-state index contributed by atoms with van der Waals surface area (Å²) < 4.78 is 44.8. The van der Waals surface area contributed by atoms with Gasteiger partial charge in [-0.3, -0.25) is 9.59 Å². The molecule has 2 heterocycles. The fourth-order valence-electron chi connectivity index (χ4n) is 4.28. The summed E-state index contributed by atoms with van der Waals surface area (Å²) in [5, 5.41) is 5.60. The van der Waals surface area contributed by atoms with E-state index in [1.807, 2.05) is 0 Å². The third-order valence-corrected chi connectivity index (χ3v) is 6.30. The molecule has 1 fully saturated rings. The van der Waals surface area contributed by atoms with Gasteiger partial charge in [0.15, 0.2) is 6.29 Å². The molecule has 0 aromatic heterocycles. The highest BCUT2D eigenvalue weighted by Gasteiger charge is 2.35. The minimum absolute atomic E-state index is 0.102. The molecule has 188 valence electrons. The van der Waals surface area contributed by atoms with Crippen molar-refractivity contribution in [2.45, 2.75) is 38.1 Å². The first kappa shape index (κ1) is 24.8. The lowest BCUT2D eigenvalue weighted by atomic mass is 10.0. The molecule has 2 aromatic rings. The van der Waals surface area contributed by atoms with Crippen LogP contribution in [0.15, 0.2) is 42.5 Å². The van der Waals surface area contributed by atoms with Crippen molar-refractivity contribution in [2.24, 2.45) is 0 Å². The Bertz CT molecular complexity index is 1050. The zero-order valence-corrected chi connectivity index (χ0v) is 19.5. The molecule has 0 bridgehead atoms. The zero-order valence-electron chi connectivity index (χ0n) is 19.5. The van der Waals surface area contributed by atoms with Gasteiger partial charge in [0, 0.05) is 24.8 Å². The number of alkyl halides is 3. The van der Waals surface area contributed by atoms with Crippen LogP contribution in [0, 0.1) is 0 Å². The van der Waals surface area contributed by atoms with Gasteiger partial charge in [-0.2, -0.15) is 13.2 Å². The first-order chi connectivity index (χ1) is 16.7. The maximum atomic E-state index is 13.0. The number of nitrogens with one attached hydrogen (secondary N) is 2. The Morgan fingerprint density at radius 3 is 2.51 bits per heavy atom. The molecule has 2 amide bonds. The van der Waals surface area contributed by atoms with Crippen LogP contribution in [0.4, 0.5) is 18.9 Å². The summed E-state index contributed by atoms with van der Waals surface area (Å²) in [4.78, 5) is 29.0. The molecule has 1 saturated heterocycles. The highest BCUT2D eigenvalue weighted by molar-refractivity contribution is 6.02. The highest BCUT2D eigenvalue weighted by Crippen LogP contribution is 2.33. The number of nitrogens with zero attached hydrogens (tertiary/aromatic N) is 2. The lowest BCUT2D eigenvalue weighted by Gasteiger charge is -2.35. The van der Waals surface area contributed by atoms with E-state index in [9.17, 15) is 22.8 Å². The van der Waals surface area contributed by atoms with Gasteiger partial charge in [0.25, 0.3) is 11.8 Å². The van der Waals surface area contributed by atoms with E-state index in [0.717, 1.165) is 43.1 Å². The summed E-state index contributed by atoms with van der Waals surface area (Å²) in [5.74, 6) is -0.393. The molecule has 4 rings (SSSR count). The second-order valence-corrected chi connectivity index (χ2v) is 8.82. The Kier molecular flexibility index (Phi) is 7.49. The van der Waals surface area contributed by atoms with Gasteiger partial charge in [0.05, 0.1) is 17.7 Å². The number of amides is 2. The van der Waals surface area contributed by atoms with Crippen molar-refractivity contribution < 1.29 is 27.5 Å². The molecule has 7 nitrogen and oxygen atoms in total. The molecule has 0 aliphatic carbocycles. The first-order valence-corrected chi connectivity index (χ1v) is 11.7. The maximum Gasteiger partial charge on any atom is 0.416 e. The van der Waals surface area contributed by atoms with Crippen LogP contribution in [-0.4, -0.2) is 61.2 Å². The number of carbonyl (C=O) groups excluding carboxylic acids is 2. The number of ether oxygens (including phenoxy) is 1. The Morgan fingerprint density at radius 2 is 1.83 bits per heavy atom. The number of benzene rings is 2. The number of hydrogen-bond donors (Lipinski definition) is 2. The number of carbonyl (C=O) groups is 2. The molecular formula is C25H29F3N4O3. The quantitative estimate of drug-likeness (QED) is 0.570. The number of anilines is 1. The van der Waals surface area contributed by atoms with Gasteiger partial charge in [-0.15, -0.1) is 0 Å². The molecule has 0 radical (unpaired) electrons. The molecule has 2 aromatic carbocycles. The second-order valence-electron chi connectivity index (χ2n) is 8.82. The molecule has 2 aliphatic heterocycles. The minimum atomic E-state index is -4.55. The van der Waals surface area contributed by atoms with Crippen LogP contribution < -0.4 is 15.4 Å². The molecule has 2 aliphatic rings. The van der Waals surface area contributed by atoms with Crippen molar-refractivity contribution in [3.63, 3.8) is 0 Å². The minimum Gasteiger partial charge on any atom is -0.494 e. The van der Waals surface area contributed by atoms with E-state index in [-0.39, 0.29) is 11.3 Å². The standard InChI is InChI=1S/C25H29F3N4O3/c1-31-23(34)20-16-18(25(26,27)28)8-11-21(20)29-24(31)30-22(33)17-6-9-19(10-7-17)35-15-5-14-32-12-3-2-4-13-32/h6-11,16,24,29H,2-5,12-15H2,1H3,(H,30,33). The van der Waals surface area contributed by atoms with Crippen LogP contribution >= 0.6 is 0 Å². The SMILES string of the molecule is CN1C(=O)c2cc(C(F)(F)F)ccc2NC1NC(=O)c1ccc(OCCCN2CCCCC2)cc1. The van der Waals surface area contributed by atoms with Gasteiger partial charge >= 0.3 is 6.18 Å². The normalized spacial score (nSPS) is 18.6. The lowest BCUT2D eigenvalue weighted by molar-refractivity contribution is -0.137. The number of piperidine rings is 1. The van der Waals surface area contributed by atoms with Gasteiger partial charge in [-0.25, -0.2) is 0 Å². The van der Waals surface area contributed by atoms with Gasteiger partial charge in [0.2, 0.25) is 0 Å². The lowest BCUT2D eigenvalue weighted by Crippen LogP contribution is -2.56. The topological polar surface area (TPSA) is 73.9 Å². The number of rotatable bonds is 7.